The van der Waals surface area contributed by atoms with E-state index in [1.807, 2.05) is 35.2 Å². The van der Waals surface area contributed by atoms with Gasteiger partial charge in [-0.25, -0.2) is 0 Å². The summed E-state index contributed by atoms with van der Waals surface area (Å²) in [7, 11) is 1.55. The highest BCUT2D eigenvalue weighted by molar-refractivity contribution is 6.06. The molecule has 0 aromatic heterocycles. The fourth-order valence-electron chi connectivity index (χ4n) is 3.07. The Bertz CT molecular complexity index is 781. The number of carbonyl (C=O) groups is 2. The number of piperazine rings is 1. The highest BCUT2D eigenvalue weighted by Crippen LogP contribution is 2.22. The minimum Gasteiger partial charge on any atom is -0.496 e. The molecule has 2 amide bonds. The summed E-state index contributed by atoms with van der Waals surface area (Å²) in [5.74, 6) is 0.467. The third-order valence-corrected chi connectivity index (χ3v) is 4.57. The van der Waals surface area contributed by atoms with Crippen molar-refractivity contribution in [3.63, 3.8) is 0 Å². The molecule has 1 saturated heterocycles. The van der Waals surface area contributed by atoms with Gasteiger partial charge >= 0.3 is 0 Å². The van der Waals surface area contributed by atoms with Gasteiger partial charge in [-0.3, -0.25) is 9.59 Å². The van der Waals surface area contributed by atoms with Crippen LogP contribution in [-0.4, -0.2) is 50.0 Å². The molecule has 6 nitrogen and oxygen atoms in total. The smallest absolute Gasteiger partial charge is 0.259 e. The number of amides is 2. The molecule has 0 aliphatic carbocycles. The Hall–Kier alpha value is -3.02. The fraction of sp³-hybridized carbons (Fsp3) is 0.300. The van der Waals surface area contributed by atoms with E-state index in [2.05, 4.69) is 10.2 Å². The second-order valence-electron chi connectivity index (χ2n) is 6.19. The minimum absolute atomic E-state index is 0.124. The molecule has 1 fully saturated rings. The Morgan fingerprint density at radius 3 is 2.23 bits per heavy atom. The second kappa shape index (κ2) is 7.91. The summed E-state index contributed by atoms with van der Waals surface area (Å²) in [6.45, 7) is 4.71. The molecular formula is C20H23N3O3. The van der Waals surface area contributed by atoms with Crippen molar-refractivity contribution in [1.82, 2.24) is 4.90 Å². The number of anilines is 2. The fourth-order valence-corrected chi connectivity index (χ4v) is 3.07. The van der Waals surface area contributed by atoms with Crippen LogP contribution in [0.25, 0.3) is 0 Å². The molecular weight excluding hydrogens is 330 g/mol. The molecule has 2 aromatic carbocycles. The highest BCUT2D eigenvalue weighted by Gasteiger charge is 2.19. The van der Waals surface area contributed by atoms with Crippen LogP contribution in [0.1, 0.15) is 17.3 Å². The SMILES string of the molecule is COc1ccccc1C(=O)Nc1ccc(N2CCN(C(C)=O)CC2)cc1. The molecule has 0 atom stereocenters. The molecule has 1 aliphatic heterocycles. The summed E-state index contributed by atoms with van der Waals surface area (Å²) < 4.78 is 5.23. The monoisotopic (exact) mass is 353 g/mol. The molecule has 1 heterocycles. The standard InChI is InChI=1S/C20H23N3O3/c1-15(24)22-11-13-23(14-12-22)17-9-7-16(8-10-17)21-20(25)18-5-3-4-6-19(18)26-2/h3-10H,11-14H2,1-2H3,(H,21,25). The summed E-state index contributed by atoms with van der Waals surface area (Å²) in [5.41, 5.74) is 2.31. The molecule has 0 saturated carbocycles. The molecule has 3 rings (SSSR count). The average molecular weight is 353 g/mol. The van der Waals surface area contributed by atoms with Gasteiger partial charge < -0.3 is 19.9 Å². The Labute approximate surface area is 153 Å². The lowest BCUT2D eigenvalue weighted by Crippen LogP contribution is -2.48. The number of benzene rings is 2. The number of nitrogens with zero attached hydrogens (tertiary/aromatic N) is 2. The van der Waals surface area contributed by atoms with E-state index >= 15 is 0 Å². The molecule has 0 unspecified atom stereocenters. The van der Waals surface area contributed by atoms with Gasteiger partial charge in [0.15, 0.2) is 0 Å². The molecule has 1 aliphatic rings. The van der Waals surface area contributed by atoms with E-state index in [0.29, 0.717) is 11.3 Å². The van der Waals surface area contributed by atoms with Crippen LogP contribution in [0.5, 0.6) is 5.75 Å². The number of rotatable bonds is 4. The van der Waals surface area contributed by atoms with Crippen LogP contribution in [0.4, 0.5) is 11.4 Å². The summed E-state index contributed by atoms with van der Waals surface area (Å²) in [6.07, 6.45) is 0. The van der Waals surface area contributed by atoms with Gasteiger partial charge in [-0.1, -0.05) is 12.1 Å². The van der Waals surface area contributed by atoms with Crippen molar-refractivity contribution in [2.75, 3.05) is 43.5 Å². The number of ether oxygens (including phenoxy) is 1. The number of para-hydroxylation sites is 1. The van der Waals surface area contributed by atoms with E-state index in [9.17, 15) is 9.59 Å². The van der Waals surface area contributed by atoms with Gasteiger partial charge in [-0.2, -0.15) is 0 Å². The molecule has 0 spiro atoms. The van der Waals surface area contributed by atoms with Crippen molar-refractivity contribution >= 4 is 23.2 Å². The first-order chi connectivity index (χ1) is 12.6. The summed E-state index contributed by atoms with van der Waals surface area (Å²) in [5, 5.41) is 2.89. The summed E-state index contributed by atoms with van der Waals surface area (Å²) >= 11 is 0. The van der Waals surface area contributed by atoms with Crippen molar-refractivity contribution in [3.05, 3.63) is 54.1 Å². The first-order valence-corrected chi connectivity index (χ1v) is 8.63. The number of carbonyl (C=O) groups excluding carboxylic acids is 2. The van der Waals surface area contributed by atoms with Crippen LogP contribution in [-0.2, 0) is 4.79 Å². The number of hydrogen-bond acceptors (Lipinski definition) is 4. The zero-order valence-corrected chi connectivity index (χ0v) is 15.1. The summed E-state index contributed by atoms with van der Waals surface area (Å²) in [6, 6.07) is 14.9. The maximum atomic E-state index is 12.4. The third-order valence-electron chi connectivity index (χ3n) is 4.57. The lowest BCUT2D eigenvalue weighted by atomic mass is 10.1. The topological polar surface area (TPSA) is 61.9 Å². The Morgan fingerprint density at radius 2 is 1.62 bits per heavy atom. The molecule has 1 N–H and O–H groups in total. The minimum atomic E-state index is -0.203. The van der Waals surface area contributed by atoms with Crippen molar-refractivity contribution in [1.29, 1.82) is 0 Å². The van der Waals surface area contributed by atoms with Crippen LogP contribution in [0.15, 0.2) is 48.5 Å². The van der Waals surface area contributed by atoms with Gasteiger partial charge in [0.2, 0.25) is 5.91 Å². The molecule has 0 bridgehead atoms. The highest BCUT2D eigenvalue weighted by atomic mass is 16.5. The van der Waals surface area contributed by atoms with E-state index in [1.54, 1.807) is 32.2 Å². The van der Waals surface area contributed by atoms with Crippen molar-refractivity contribution in [2.45, 2.75) is 6.92 Å². The maximum Gasteiger partial charge on any atom is 0.259 e. The van der Waals surface area contributed by atoms with E-state index in [-0.39, 0.29) is 11.8 Å². The van der Waals surface area contributed by atoms with E-state index in [0.717, 1.165) is 37.6 Å². The van der Waals surface area contributed by atoms with Gasteiger partial charge in [-0.05, 0) is 36.4 Å². The van der Waals surface area contributed by atoms with E-state index in [4.69, 9.17) is 4.74 Å². The number of hydrogen-bond donors (Lipinski definition) is 1. The van der Waals surface area contributed by atoms with Gasteiger partial charge in [0.25, 0.3) is 5.91 Å². The predicted molar refractivity (Wildman–Crippen MR) is 102 cm³/mol. The van der Waals surface area contributed by atoms with E-state index < -0.39 is 0 Å². The quantitative estimate of drug-likeness (QED) is 0.918. The van der Waals surface area contributed by atoms with Crippen molar-refractivity contribution in [3.8, 4) is 5.75 Å². The number of nitrogens with one attached hydrogen (secondary N) is 1. The molecule has 136 valence electrons. The van der Waals surface area contributed by atoms with Crippen LogP contribution in [0, 0.1) is 0 Å². The zero-order valence-electron chi connectivity index (χ0n) is 15.1. The lowest BCUT2D eigenvalue weighted by Gasteiger charge is -2.35. The average Bonchev–Trinajstić information content (AvgIpc) is 2.68. The Balaban J connectivity index is 1.63. The molecule has 26 heavy (non-hydrogen) atoms. The van der Waals surface area contributed by atoms with Gasteiger partial charge in [0.05, 0.1) is 12.7 Å². The Kier molecular flexibility index (Phi) is 5.41. The third kappa shape index (κ3) is 3.96. The molecule has 2 aromatic rings. The lowest BCUT2D eigenvalue weighted by molar-refractivity contribution is -0.129. The predicted octanol–water partition coefficient (Wildman–Crippen LogP) is 2.62. The number of methoxy groups -OCH3 is 1. The molecule has 0 radical (unpaired) electrons. The van der Waals surface area contributed by atoms with Gasteiger partial charge in [0, 0.05) is 44.5 Å². The first-order valence-electron chi connectivity index (χ1n) is 8.63. The normalized spacial score (nSPS) is 14.1. The second-order valence-corrected chi connectivity index (χ2v) is 6.19. The van der Waals surface area contributed by atoms with Crippen molar-refractivity contribution in [2.24, 2.45) is 0 Å². The first kappa shape index (κ1) is 17.8. The Morgan fingerprint density at radius 1 is 0.962 bits per heavy atom. The zero-order chi connectivity index (χ0) is 18.5. The van der Waals surface area contributed by atoms with Crippen LogP contribution >= 0.6 is 0 Å². The van der Waals surface area contributed by atoms with Crippen LogP contribution in [0.3, 0.4) is 0 Å². The van der Waals surface area contributed by atoms with Crippen LogP contribution in [0.2, 0.25) is 0 Å². The van der Waals surface area contributed by atoms with Crippen molar-refractivity contribution < 1.29 is 14.3 Å². The molecule has 6 heteroatoms. The van der Waals surface area contributed by atoms with Gasteiger partial charge in [0.1, 0.15) is 5.75 Å². The van der Waals surface area contributed by atoms with Gasteiger partial charge in [-0.15, -0.1) is 0 Å². The van der Waals surface area contributed by atoms with E-state index in [1.165, 1.54) is 0 Å². The summed E-state index contributed by atoms with van der Waals surface area (Å²) in [4.78, 5) is 28.0. The largest absolute Gasteiger partial charge is 0.496 e. The van der Waals surface area contributed by atoms with Crippen LogP contribution < -0.4 is 15.0 Å². The maximum absolute atomic E-state index is 12.4.